The monoisotopic (exact) mass is 380 g/mol. The Balaban J connectivity index is 1.53. The second kappa shape index (κ2) is 6.96. The first-order valence-corrected chi connectivity index (χ1v) is 9.38. The van der Waals surface area contributed by atoms with Crippen molar-refractivity contribution in [2.75, 3.05) is 18.9 Å². The maximum Gasteiger partial charge on any atom is 0.265 e. The number of carbonyl (C=O) groups is 2. The minimum absolute atomic E-state index is 0.0259. The van der Waals surface area contributed by atoms with Crippen molar-refractivity contribution in [1.29, 1.82) is 0 Å². The van der Waals surface area contributed by atoms with E-state index in [1.165, 1.54) is 23.5 Å². The van der Waals surface area contributed by atoms with E-state index in [0.717, 1.165) is 22.4 Å². The summed E-state index contributed by atoms with van der Waals surface area (Å²) >= 11 is 1.34. The van der Waals surface area contributed by atoms with Crippen molar-refractivity contribution in [2.24, 2.45) is 0 Å². The number of benzene rings is 2. The number of nitrogens with one attached hydrogen (secondary N) is 1. The van der Waals surface area contributed by atoms with Crippen LogP contribution in [0.15, 0.2) is 54.6 Å². The number of fused-ring (bicyclic) bond motifs is 1. The lowest BCUT2D eigenvalue weighted by atomic mass is 9.99. The summed E-state index contributed by atoms with van der Waals surface area (Å²) in [7, 11) is 1.78. The molecule has 4 nitrogen and oxygen atoms in total. The minimum Gasteiger partial charge on any atom is -0.341 e. The fourth-order valence-corrected chi connectivity index (χ4v) is 4.00. The molecule has 4 rings (SSSR count). The molecule has 1 N–H and O–H groups in total. The van der Waals surface area contributed by atoms with Crippen molar-refractivity contribution < 1.29 is 14.0 Å². The molecule has 0 radical (unpaired) electrons. The molecular formula is C21H17FN2O2S. The fourth-order valence-electron chi connectivity index (χ4n) is 3.09. The number of amides is 2. The van der Waals surface area contributed by atoms with Crippen LogP contribution in [0.2, 0.25) is 0 Å². The standard InChI is InChI=1S/C21H17FN2O2S/c1-24-11-10-13-4-7-16(12-17(13)21(24)26)23-20(25)19-9-8-18(27-19)14-2-5-15(22)6-3-14/h2-9,12H,10-11H2,1H3,(H,23,25). The highest BCUT2D eigenvalue weighted by atomic mass is 32.1. The van der Waals surface area contributed by atoms with Crippen molar-refractivity contribution in [3.8, 4) is 10.4 Å². The van der Waals surface area contributed by atoms with Crippen LogP contribution in [0.25, 0.3) is 10.4 Å². The number of halogens is 1. The van der Waals surface area contributed by atoms with Crippen molar-refractivity contribution in [3.05, 3.63) is 76.4 Å². The van der Waals surface area contributed by atoms with Crippen molar-refractivity contribution in [2.45, 2.75) is 6.42 Å². The molecule has 0 atom stereocenters. The molecular weight excluding hydrogens is 363 g/mol. The van der Waals surface area contributed by atoms with E-state index in [2.05, 4.69) is 5.32 Å². The molecule has 0 fully saturated rings. The summed E-state index contributed by atoms with van der Waals surface area (Å²) in [6.07, 6.45) is 0.817. The summed E-state index contributed by atoms with van der Waals surface area (Å²) in [6.45, 7) is 0.707. The van der Waals surface area contributed by atoms with Gasteiger partial charge >= 0.3 is 0 Å². The van der Waals surface area contributed by atoms with Crippen LogP contribution in [0.5, 0.6) is 0 Å². The number of anilines is 1. The molecule has 0 spiro atoms. The van der Waals surface area contributed by atoms with Gasteiger partial charge in [0, 0.05) is 29.7 Å². The lowest BCUT2D eigenvalue weighted by Crippen LogP contribution is -2.34. The number of carbonyl (C=O) groups excluding carboxylic acids is 2. The molecule has 6 heteroatoms. The van der Waals surface area contributed by atoms with Crippen LogP contribution in [-0.2, 0) is 6.42 Å². The number of thiophene rings is 1. The second-order valence-corrected chi connectivity index (χ2v) is 7.56. The van der Waals surface area contributed by atoms with E-state index in [0.29, 0.717) is 22.7 Å². The molecule has 0 unspecified atom stereocenters. The summed E-state index contributed by atoms with van der Waals surface area (Å²) in [4.78, 5) is 28.0. The van der Waals surface area contributed by atoms with Gasteiger partial charge in [0.2, 0.25) is 0 Å². The van der Waals surface area contributed by atoms with E-state index >= 15 is 0 Å². The number of nitrogens with zero attached hydrogens (tertiary/aromatic N) is 1. The third-order valence-corrected chi connectivity index (χ3v) is 5.75. The van der Waals surface area contributed by atoms with E-state index in [9.17, 15) is 14.0 Å². The number of hydrogen-bond acceptors (Lipinski definition) is 3. The number of hydrogen-bond donors (Lipinski definition) is 1. The lowest BCUT2D eigenvalue weighted by molar-refractivity contribution is 0.0780. The van der Waals surface area contributed by atoms with Gasteiger partial charge in [-0.05, 0) is 53.9 Å². The number of rotatable bonds is 3. The molecule has 0 bridgehead atoms. The van der Waals surface area contributed by atoms with Crippen molar-refractivity contribution in [1.82, 2.24) is 4.90 Å². The minimum atomic E-state index is -0.291. The summed E-state index contributed by atoms with van der Waals surface area (Å²) in [5.74, 6) is -0.548. The van der Waals surface area contributed by atoms with Gasteiger partial charge in [-0.15, -0.1) is 11.3 Å². The van der Waals surface area contributed by atoms with Crippen LogP contribution < -0.4 is 5.32 Å². The Bertz CT molecular complexity index is 1030. The van der Waals surface area contributed by atoms with Gasteiger partial charge in [-0.1, -0.05) is 18.2 Å². The molecule has 0 aliphatic carbocycles. The van der Waals surface area contributed by atoms with Crippen molar-refractivity contribution in [3.63, 3.8) is 0 Å². The molecule has 136 valence electrons. The molecule has 27 heavy (non-hydrogen) atoms. The summed E-state index contributed by atoms with van der Waals surface area (Å²) in [5.41, 5.74) is 3.10. The topological polar surface area (TPSA) is 49.4 Å². The predicted molar refractivity (Wildman–Crippen MR) is 105 cm³/mol. The van der Waals surface area contributed by atoms with Gasteiger partial charge in [0.1, 0.15) is 5.82 Å². The van der Waals surface area contributed by atoms with Gasteiger partial charge in [0.05, 0.1) is 4.88 Å². The van der Waals surface area contributed by atoms with E-state index in [1.54, 1.807) is 36.2 Å². The normalized spacial score (nSPS) is 13.4. The van der Waals surface area contributed by atoms with Gasteiger partial charge in [0.25, 0.3) is 11.8 Å². The Kier molecular flexibility index (Phi) is 4.49. The SMILES string of the molecule is CN1CCc2ccc(NC(=O)c3ccc(-c4ccc(F)cc4)s3)cc2C1=O. The Morgan fingerprint density at radius 1 is 1.11 bits per heavy atom. The third-order valence-electron chi connectivity index (χ3n) is 4.62. The second-order valence-electron chi connectivity index (χ2n) is 6.47. The highest BCUT2D eigenvalue weighted by Crippen LogP contribution is 2.29. The Morgan fingerprint density at radius 3 is 2.67 bits per heavy atom. The molecule has 0 saturated heterocycles. The Morgan fingerprint density at radius 2 is 1.89 bits per heavy atom. The smallest absolute Gasteiger partial charge is 0.265 e. The van der Waals surface area contributed by atoms with Crippen LogP contribution in [0, 0.1) is 5.82 Å². The van der Waals surface area contributed by atoms with Gasteiger partial charge in [0.15, 0.2) is 0 Å². The summed E-state index contributed by atoms with van der Waals surface area (Å²) in [5, 5.41) is 2.86. The molecule has 2 amide bonds. The molecule has 1 aromatic heterocycles. The van der Waals surface area contributed by atoms with Crippen LogP contribution in [-0.4, -0.2) is 30.3 Å². The largest absolute Gasteiger partial charge is 0.341 e. The van der Waals surface area contributed by atoms with Crippen LogP contribution in [0.1, 0.15) is 25.6 Å². The van der Waals surface area contributed by atoms with Gasteiger partial charge in [-0.2, -0.15) is 0 Å². The summed E-state index contributed by atoms with van der Waals surface area (Å²) in [6, 6.07) is 15.2. The predicted octanol–water partition coefficient (Wildman–Crippen LogP) is 4.43. The van der Waals surface area contributed by atoms with Crippen molar-refractivity contribution >= 4 is 28.8 Å². The van der Waals surface area contributed by atoms with Gasteiger partial charge in [-0.3, -0.25) is 9.59 Å². The number of likely N-dealkylation sites (N-methyl/N-ethyl adjacent to an activating group) is 1. The highest BCUT2D eigenvalue weighted by molar-refractivity contribution is 7.17. The highest BCUT2D eigenvalue weighted by Gasteiger charge is 2.22. The maximum atomic E-state index is 13.1. The van der Waals surface area contributed by atoms with Crippen LogP contribution in [0.4, 0.5) is 10.1 Å². The molecule has 3 aromatic rings. The van der Waals surface area contributed by atoms with Crippen LogP contribution >= 0.6 is 11.3 Å². The quantitative estimate of drug-likeness (QED) is 0.731. The van der Waals surface area contributed by atoms with E-state index in [-0.39, 0.29) is 17.6 Å². The van der Waals surface area contributed by atoms with Gasteiger partial charge in [-0.25, -0.2) is 4.39 Å². The maximum absolute atomic E-state index is 13.1. The fraction of sp³-hybridized carbons (Fsp3) is 0.143. The molecule has 1 aliphatic rings. The molecule has 0 saturated carbocycles. The molecule has 2 aromatic carbocycles. The zero-order valence-corrected chi connectivity index (χ0v) is 15.5. The van der Waals surface area contributed by atoms with E-state index in [4.69, 9.17) is 0 Å². The average molecular weight is 380 g/mol. The van der Waals surface area contributed by atoms with Crippen LogP contribution in [0.3, 0.4) is 0 Å². The van der Waals surface area contributed by atoms with Gasteiger partial charge < -0.3 is 10.2 Å². The first-order chi connectivity index (χ1) is 13.0. The zero-order valence-electron chi connectivity index (χ0n) is 14.7. The average Bonchev–Trinajstić information content (AvgIpc) is 3.16. The Hall–Kier alpha value is -2.99. The Labute approximate surface area is 160 Å². The first kappa shape index (κ1) is 17.4. The zero-order chi connectivity index (χ0) is 19.0. The molecule has 1 aliphatic heterocycles. The molecule has 2 heterocycles. The first-order valence-electron chi connectivity index (χ1n) is 8.57. The van der Waals surface area contributed by atoms with E-state index in [1.807, 2.05) is 18.2 Å². The third kappa shape index (κ3) is 3.48. The lowest BCUT2D eigenvalue weighted by Gasteiger charge is -2.25. The summed E-state index contributed by atoms with van der Waals surface area (Å²) < 4.78 is 13.1. The van der Waals surface area contributed by atoms with E-state index < -0.39 is 0 Å².